The van der Waals surface area contributed by atoms with Gasteiger partial charge in [0.05, 0.1) is 0 Å². The van der Waals surface area contributed by atoms with E-state index >= 15 is 0 Å². The molecule has 0 unspecified atom stereocenters. The third kappa shape index (κ3) is 9.62. The first-order valence-corrected chi connectivity index (χ1v) is 9.75. The molecule has 0 spiro atoms. The Morgan fingerprint density at radius 1 is 0.667 bits per heavy atom. The predicted molar refractivity (Wildman–Crippen MR) is 97.6 cm³/mol. The largest absolute Gasteiger partial charge is 0.382 e. The van der Waals surface area contributed by atoms with Gasteiger partial charge in [-0.2, -0.15) is 0 Å². The van der Waals surface area contributed by atoms with Crippen LogP contribution in [-0.4, -0.2) is 13.2 Å². The fraction of sp³-hybridized carbons (Fsp3) is 0.333. The Morgan fingerprint density at radius 3 is 1.33 bits per heavy atom. The molecule has 2 aromatic carbocycles. The number of hydrogen-bond donors (Lipinski definition) is 0. The molecule has 0 aliphatic carbocycles. The molecule has 0 heterocycles. The fourth-order valence-electron chi connectivity index (χ4n) is 1.57. The summed E-state index contributed by atoms with van der Waals surface area (Å²) in [5.74, 6) is 2.16. The minimum absolute atomic E-state index is 0.844. The third-order valence-electron chi connectivity index (χ3n) is 2.63. The van der Waals surface area contributed by atoms with Crippen LogP contribution in [-0.2, 0) is 16.2 Å². The normalized spacial score (nSPS) is 9.81. The molecule has 0 saturated carbocycles. The van der Waals surface area contributed by atoms with Crippen LogP contribution in [0.2, 0.25) is 0 Å². The Labute approximate surface area is 136 Å². The summed E-state index contributed by atoms with van der Waals surface area (Å²) in [6.07, 6.45) is 0. The van der Waals surface area contributed by atoms with Crippen LogP contribution in [0.3, 0.4) is 0 Å². The van der Waals surface area contributed by atoms with Crippen molar-refractivity contribution < 1.29 is 4.74 Å². The van der Waals surface area contributed by atoms with Crippen LogP contribution in [0, 0.1) is 0 Å². The molecule has 2 aromatic rings. The summed E-state index contributed by atoms with van der Waals surface area (Å²) in [5, 5.41) is 0. The molecule has 0 radical (unpaired) electrons. The Hall–Kier alpha value is -0.900. The average molecular weight is 321 g/mol. The molecule has 0 amide bonds. The molecule has 0 saturated heterocycles. The maximum absolute atomic E-state index is 4.83. The zero-order valence-electron chi connectivity index (χ0n) is 12.8. The van der Waals surface area contributed by atoms with Crippen LogP contribution in [0.4, 0.5) is 0 Å². The molecular formula is C18H24OS2. The summed E-state index contributed by atoms with van der Waals surface area (Å²) in [6.45, 7) is 5.67. The van der Waals surface area contributed by atoms with Crippen molar-refractivity contribution in [2.75, 3.05) is 13.2 Å². The lowest BCUT2D eigenvalue weighted by atomic mass is 10.2. The van der Waals surface area contributed by atoms with Crippen molar-refractivity contribution in [2.45, 2.75) is 25.4 Å². The van der Waals surface area contributed by atoms with Gasteiger partial charge in [0.1, 0.15) is 0 Å². The highest BCUT2D eigenvalue weighted by Gasteiger charge is 1.94. The van der Waals surface area contributed by atoms with E-state index in [1.165, 1.54) is 11.1 Å². The molecule has 0 N–H and O–H groups in total. The van der Waals surface area contributed by atoms with Crippen LogP contribution < -0.4 is 0 Å². The summed E-state index contributed by atoms with van der Waals surface area (Å²) in [4.78, 5) is 0. The Bertz CT molecular complexity index is 402. The van der Waals surface area contributed by atoms with Gasteiger partial charge in [0.25, 0.3) is 0 Å². The van der Waals surface area contributed by atoms with Gasteiger partial charge in [-0.15, -0.1) is 0 Å². The Balaban J connectivity index is 0.000000383. The van der Waals surface area contributed by atoms with Crippen LogP contribution in [0.1, 0.15) is 25.0 Å². The Morgan fingerprint density at radius 2 is 1.05 bits per heavy atom. The highest BCUT2D eigenvalue weighted by molar-refractivity contribution is 8.76. The lowest BCUT2D eigenvalue weighted by molar-refractivity contribution is 0.162. The van der Waals surface area contributed by atoms with E-state index in [1.807, 2.05) is 35.4 Å². The topological polar surface area (TPSA) is 9.23 Å². The predicted octanol–water partition coefficient (Wildman–Crippen LogP) is 5.81. The van der Waals surface area contributed by atoms with Crippen molar-refractivity contribution in [1.82, 2.24) is 0 Å². The number of benzene rings is 2. The molecule has 0 aromatic heterocycles. The van der Waals surface area contributed by atoms with Crippen molar-refractivity contribution in [3.63, 3.8) is 0 Å². The zero-order chi connectivity index (χ0) is 15.2. The average Bonchev–Trinajstić information content (AvgIpc) is 2.55. The minimum atomic E-state index is 0.844. The first-order chi connectivity index (χ1) is 10.4. The SMILES string of the molecule is CCOCC.c1ccc(CSSCc2ccccc2)cc1. The van der Waals surface area contributed by atoms with Gasteiger partial charge in [0.2, 0.25) is 0 Å². The molecule has 2 rings (SSSR count). The molecular weight excluding hydrogens is 296 g/mol. The van der Waals surface area contributed by atoms with E-state index in [-0.39, 0.29) is 0 Å². The van der Waals surface area contributed by atoms with Crippen molar-refractivity contribution >= 4 is 21.6 Å². The summed E-state index contributed by atoms with van der Waals surface area (Å²) in [6, 6.07) is 21.2. The van der Waals surface area contributed by atoms with Crippen molar-refractivity contribution in [3.8, 4) is 0 Å². The van der Waals surface area contributed by atoms with Crippen molar-refractivity contribution in [3.05, 3.63) is 71.8 Å². The summed E-state index contributed by atoms with van der Waals surface area (Å²) in [5.41, 5.74) is 2.79. The molecule has 0 aliphatic heterocycles. The second-order valence-corrected chi connectivity index (χ2v) is 6.74. The number of rotatable bonds is 7. The van der Waals surface area contributed by atoms with Crippen LogP contribution in [0.15, 0.2) is 60.7 Å². The second kappa shape index (κ2) is 12.8. The minimum Gasteiger partial charge on any atom is -0.382 e. The molecule has 3 heteroatoms. The number of hydrogen-bond acceptors (Lipinski definition) is 3. The molecule has 114 valence electrons. The van der Waals surface area contributed by atoms with Crippen LogP contribution in [0.5, 0.6) is 0 Å². The van der Waals surface area contributed by atoms with Crippen molar-refractivity contribution in [2.24, 2.45) is 0 Å². The van der Waals surface area contributed by atoms with Gasteiger partial charge in [0, 0.05) is 24.7 Å². The van der Waals surface area contributed by atoms with Gasteiger partial charge in [-0.25, -0.2) is 0 Å². The quantitative estimate of drug-likeness (QED) is 0.470. The third-order valence-corrected chi connectivity index (χ3v) is 4.90. The molecule has 0 bridgehead atoms. The first-order valence-electron chi connectivity index (χ1n) is 7.26. The van der Waals surface area contributed by atoms with Gasteiger partial charge in [-0.1, -0.05) is 82.3 Å². The maximum Gasteiger partial charge on any atom is 0.0437 e. The maximum atomic E-state index is 4.83. The van der Waals surface area contributed by atoms with Crippen molar-refractivity contribution in [1.29, 1.82) is 0 Å². The van der Waals surface area contributed by atoms with Gasteiger partial charge in [-0.05, 0) is 25.0 Å². The first kappa shape index (κ1) is 18.1. The van der Waals surface area contributed by atoms with Gasteiger partial charge in [0.15, 0.2) is 0 Å². The standard InChI is InChI=1S/C14H14S2.C4H10O/c1-3-7-13(8-4-1)11-15-16-12-14-9-5-2-6-10-14;1-3-5-4-2/h1-10H,11-12H2;3-4H2,1-2H3. The Kier molecular flexibility index (Phi) is 11.1. The van der Waals surface area contributed by atoms with Gasteiger partial charge >= 0.3 is 0 Å². The molecule has 21 heavy (non-hydrogen) atoms. The van der Waals surface area contributed by atoms with E-state index in [4.69, 9.17) is 4.74 Å². The van der Waals surface area contributed by atoms with Gasteiger partial charge < -0.3 is 4.74 Å². The highest BCUT2D eigenvalue weighted by Crippen LogP contribution is 2.29. The summed E-state index contributed by atoms with van der Waals surface area (Å²) < 4.78 is 4.83. The van der Waals surface area contributed by atoms with E-state index in [0.29, 0.717) is 0 Å². The molecule has 0 fully saturated rings. The molecule has 0 atom stereocenters. The van der Waals surface area contributed by atoms with E-state index in [1.54, 1.807) is 0 Å². The van der Waals surface area contributed by atoms with E-state index in [0.717, 1.165) is 24.7 Å². The number of ether oxygens (including phenoxy) is 1. The second-order valence-electron chi connectivity index (χ2n) is 4.28. The molecule has 0 aliphatic rings. The summed E-state index contributed by atoms with van der Waals surface area (Å²) in [7, 11) is 3.84. The van der Waals surface area contributed by atoms with E-state index in [2.05, 4.69) is 60.7 Å². The fourth-order valence-corrected chi connectivity index (χ4v) is 3.71. The lowest BCUT2D eigenvalue weighted by Crippen LogP contribution is -1.84. The monoisotopic (exact) mass is 320 g/mol. The zero-order valence-corrected chi connectivity index (χ0v) is 14.5. The summed E-state index contributed by atoms with van der Waals surface area (Å²) >= 11 is 0. The van der Waals surface area contributed by atoms with E-state index in [9.17, 15) is 0 Å². The molecule has 1 nitrogen and oxygen atoms in total. The smallest absolute Gasteiger partial charge is 0.0437 e. The van der Waals surface area contributed by atoms with Gasteiger partial charge in [-0.3, -0.25) is 0 Å². The van der Waals surface area contributed by atoms with E-state index < -0.39 is 0 Å². The van der Waals surface area contributed by atoms with Crippen LogP contribution in [0.25, 0.3) is 0 Å². The van der Waals surface area contributed by atoms with Crippen LogP contribution >= 0.6 is 21.6 Å². The highest BCUT2D eigenvalue weighted by atomic mass is 33.1. The lowest BCUT2D eigenvalue weighted by Gasteiger charge is -2.01.